The summed E-state index contributed by atoms with van der Waals surface area (Å²) in [6, 6.07) is 0. The Hall–Kier alpha value is -12.4. The molecule has 7 heterocycles. The fourth-order valence-electron chi connectivity index (χ4n) is 5.55. The van der Waals surface area contributed by atoms with Crippen LogP contribution in [0.2, 0.25) is 0 Å². The molecule has 0 radical (unpaired) electrons. The van der Waals surface area contributed by atoms with Crippen molar-refractivity contribution in [1.29, 1.82) is 32.5 Å². The van der Waals surface area contributed by atoms with E-state index in [0.29, 0.717) is 32.3 Å². The maximum atomic E-state index is 11.3. The summed E-state index contributed by atoms with van der Waals surface area (Å²) in [5.74, 6) is -6.31. The third-order valence-electron chi connectivity index (χ3n) is 9.91. The number of methoxy groups -OCH3 is 5. The second kappa shape index (κ2) is 55.1. The van der Waals surface area contributed by atoms with Crippen molar-refractivity contribution in [2.75, 3.05) is 95.0 Å². The first-order valence-corrected chi connectivity index (χ1v) is 36.3. The van der Waals surface area contributed by atoms with E-state index in [-0.39, 0.29) is 133 Å². The molecule has 0 aliphatic carbocycles. The first kappa shape index (κ1) is 98.6. The van der Waals surface area contributed by atoms with Crippen molar-refractivity contribution < 1.29 is 134 Å². The van der Waals surface area contributed by atoms with E-state index in [9.17, 15) is 38.4 Å². The molecule has 1 unspecified atom stereocenters. The third-order valence-corrected chi connectivity index (χ3v) is 14.9. The Bertz CT molecular complexity index is 4300. The van der Waals surface area contributed by atoms with Crippen LogP contribution in [-0.2, 0) is 98.5 Å². The number of nitrogens with two attached hydrogens (primary N) is 1. The Balaban J connectivity index is 0.000000661. The standard InChI is InChI=1S/C9H12N4O4S.C8H10BrN3O4S.C8H10N4O5S.C8H9N3O5S.C8H11N3O4S.C7H9N3O4S.C5H6N4O2S/c1-4-16-8(10)17-9-12-6(13-18-9)5(11-2)7(14)15-3;1-3-15-7(10)16-8-11-5(12-17-8)4(9)6(13)14-2;1-3-16-7(9)17-8-10-5(12-18-8)4(11-14)6(13)15-2;1-3-15-7(9)16-8-10-5(11-17-8)4(12)6(13)14-2;1-3-14-7(9)15-8-10-5(11-16-8)4-6(12)13-2;1-2-13-6(8)14-7-9-4(10-15-7)3-5(11)12;1-7-2(4(10)11)3-8-5(6)12-9-3/h10H,4H2,1-3H3;4,10H,3H2,1-2H3;9,14H,3H2,1-2H3;9H,3H2,1-2H3;9H,3-4H2,1-2H3;8H,2-3H2,1H3,(H,11,12);1H3,(H,10,11)(H2,6,8,9)/b;;9-7?,11-4-;;;;. The number of ketones is 1. The number of aliphatic imine (C=N–C) groups is 2. The molecule has 60 heteroatoms. The summed E-state index contributed by atoms with van der Waals surface area (Å²) >= 11 is 9.15. The highest BCUT2D eigenvalue weighted by molar-refractivity contribution is 9.09. The molecule has 0 aliphatic rings. The number of anilines is 1. The van der Waals surface area contributed by atoms with E-state index in [1.165, 1.54) is 35.4 Å². The van der Waals surface area contributed by atoms with E-state index in [1.54, 1.807) is 41.5 Å². The van der Waals surface area contributed by atoms with Crippen molar-refractivity contribution >= 4 is 203 Å². The topological polar surface area (TPSA) is 741 Å². The minimum atomic E-state index is -1.16. The molecule has 0 aliphatic heterocycles. The number of alkyl halides is 1. The average molecular weight is 1790 g/mol. The Morgan fingerprint density at radius 1 is 0.416 bits per heavy atom. The number of carbonyl (C=O) groups is 8. The fourth-order valence-corrected chi connectivity index (χ4v) is 9.76. The number of rotatable bonds is 26. The molecule has 52 nitrogen and oxygen atoms in total. The fraction of sp³-hybridized carbons (Fsp3) is 0.415. The molecule has 1 atom stereocenters. The number of carbonyl (C=O) groups excluding carboxylic acids is 6. The Labute approximate surface area is 672 Å². The highest BCUT2D eigenvalue weighted by Crippen LogP contribution is 2.26. The van der Waals surface area contributed by atoms with Gasteiger partial charge in [0, 0.05) is 94.8 Å². The van der Waals surface area contributed by atoms with Gasteiger partial charge in [0.1, 0.15) is 12.8 Å². The van der Waals surface area contributed by atoms with Gasteiger partial charge in [0.2, 0.25) is 23.2 Å². The number of Topliss-reactive ketones (excluding diaryl/α,β-unsaturated/α-hetero) is 1. The molecule has 11 N–H and O–H groups in total. The number of ether oxygens (including phenoxy) is 17. The summed E-state index contributed by atoms with van der Waals surface area (Å²) < 4.78 is 106. The molecule has 0 spiro atoms. The number of hydrogen-bond acceptors (Lipinski definition) is 57. The highest BCUT2D eigenvalue weighted by Gasteiger charge is 2.27. The number of carboxylic acid groups (broad SMARTS) is 2. The molecule has 7 aromatic rings. The van der Waals surface area contributed by atoms with Crippen LogP contribution in [0.1, 0.15) is 91.9 Å². The van der Waals surface area contributed by atoms with Gasteiger partial charge in [-0.25, -0.2) is 51.6 Å². The molecule has 0 amide bonds. The normalized spacial score (nSPS) is 10.5. The predicted octanol–water partition coefficient (Wildman–Crippen LogP) is 3.20. The minimum Gasteiger partial charge on any atom is -0.481 e. The summed E-state index contributed by atoms with van der Waals surface area (Å²) in [5, 5.41) is 72.4. The molecule has 0 saturated carbocycles. The Morgan fingerprint density at radius 3 is 1.08 bits per heavy atom. The minimum absolute atomic E-state index is 0.00783. The molecular weight excluding hydrogens is 1730 g/mol. The second-order valence-electron chi connectivity index (χ2n) is 17.3. The summed E-state index contributed by atoms with van der Waals surface area (Å²) in [6.45, 7) is 12.1. The molecule has 616 valence electrons. The van der Waals surface area contributed by atoms with Crippen LogP contribution in [0.4, 0.5) is 5.13 Å². The zero-order valence-corrected chi connectivity index (χ0v) is 68.0. The van der Waals surface area contributed by atoms with Crippen LogP contribution < -0.4 is 34.2 Å². The maximum absolute atomic E-state index is 11.3. The van der Waals surface area contributed by atoms with E-state index in [1.807, 2.05) is 0 Å². The van der Waals surface area contributed by atoms with Crippen molar-refractivity contribution in [3.63, 3.8) is 0 Å². The number of nitrogens with zero attached hydrogens (tertiary/aromatic N) is 17. The number of aromatic nitrogens is 14. The lowest BCUT2D eigenvalue weighted by Crippen LogP contribution is -2.18. The van der Waals surface area contributed by atoms with Crippen LogP contribution in [0, 0.1) is 32.5 Å². The summed E-state index contributed by atoms with van der Waals surface area (Å²) in [7, 11) is 8.79. The Morgan fingerprint density at radius 2 is 0.743 bits per heavy atom. The molecule has 7 rings (SSSR count). The number of esters is 5. The first-order valence-electron chi connectivity index (χ1n) is 30.0. The van der Waals surface area contributed by atoms with Crippen molar-refractivity contribution in [2.24, 2.45) is 15.1 Å². The van der Waals surface area contributed by atoms with Crippen molar-refractivity contribution in [2.45, 2.75) is 59.2 Å². The largest absolute Gasteiger partial charge is 0.481 e. The number of nitrogen functional groups attached to an aromatic ring is 1. The first-order chi connectivity index (χ1) is 53.8. The van der Waals surface area contributed by atoms with Crippen LogP contribution in [0.15, 0.2) is 15.1 Å². The van der Waals surface area contributed by atoms with E-state index < -0.39 is 70.3 Å². The van der Waals surface area contributed by atoms with E-state index in [2.05, 4.69) is 120 Å². The summed E-state index contributed by atoms with van der Waals surface area (Å²) in [6.07, 6.45) is -2.65. The number of halogens is 1. The van der Waals surface area contributed by atoms with Gasteiger partial charge in [-0.3, -0.25) is 29.2 Å². The highest BCUT2D eigenvalue weighted by atomic mass is 79.9. The summed E-state index contributed by atoms with van der Waals surface area (Å²) in [4.78, 5) is 121. The lowest BCUT2D eigenvalue weighted by molar-refractivity contribution is -0.140. The monoisotopic (exact) mass is 1790 g/mol. The maximum Gasteiger partial charge on any atom is 0.388 e. The van der Waals surface area contributed by atoms with Crippen LogP contribution >= 0.6 is 96.7 Å². The second-order valence-corrected chi connectivity index (χ2v) is 23.3. The molecule has 0 bridgehead atoms. The van der Waals surface area contributed by atoms with Crippen molar-refractivity contribution in [3.8, 4) is 31.2 Å². The van der Waals surface area contributed by atoms with Crippen molar-refractivity contribution in [3.05, 3.63) is 40.8 Å². The van der Waals surface area contributed by atoms with E-state index in [4.69, 9.17) is 110 Å². The van der Waals surface area contributed by atoms with Crippen LogP contribution in [0.5, 0.6) is 31.2 Å². The van der Waals surface area contributed by atoms with Gasteiger partial charge < -0.3 is 102 Å². The molecule has 0 fully saturated rings. The third kappa shape index (κ3) is 38.7. The average Bonchev–Trinajstić information content (AvgIpc) is 1.78. The van der Waals surface area contributed by atoms with Crippen molar-refractivity contribution in [1.82, 2.24) is 65.5 Å². The van der Waals surface area contributed by atoms with Gasteiger partial charge in [0.15, 0.2) is 44.7 Å². The van der Waals surface area contributed by atoms with Gasteiger partial charge >= 0.3 is 115 Å². The van der Waals surface area contributed by atoms with Gasteiger partial charge in [-0.05, 0) is 41.5 Å². The van der Waals surface area contributed by atoms with E-state index >= 15 is 0 Å². The number of hydrogen-bond donors (Lipinski definition) is 10. The number of aliphatic carboxylic acids is 2. The van der Waals surface area contributed by atoms with Crippen LogP contribution in [-0.4, -0.2) is 271 Å². The number of carboxylic acids is 2. The zero-order valence-electron chi connectivity index (χ0n) is 60.7. The van der Waals surface area contributed by atoms with Gasteiger partial charge in [0.05, 0.1) is 75.2 Å². The van der Waals surface area contributed by atoms with Gasteiger partial charge in [-0.1, -0.05) is 21.1 Å². The summed E-state index contributed by atoms with van der Waals surface area (Å²) in [5.41, 5.74) is 4.63. The van der Waals surface area contributed by atoms with Gasteiger partial charge in [-0.2, -0.15) is 65.5 Å². The lowest BCUT2D eigenvalue weighted by atomic mass is 10.3. The van der Waals surface area contributed by atoms with Gasteiger partial charge in [-0.15, -0.1) is 0 Å². The smallest absolute Gasteiger partial charge is 0.388 e. The zero-order chi connectivity index (χ0) is 85.1. The SMILES string of the molecule is CCOC(=N)Oc1nc(/C(=N/O)C(=O)OC)ns1.CCOC(=N)Oc1nc(C(=NC)C(=O)OC)ns1.CCOC(=N)Oc1nc(C(=O)C(=O)OC)ns1.CCOC(=N)Oc1nc(C(Br)C(=O)OC)ns1.CCOC(=N)Oc1nc(CC(=O)O)ns1.CCOC(=N)Oc1nc(CC(=O)OC)ns1.CN=C(C(=O)O)c1nsc(N)n1. The van der Waals surface area contributed by atoms with Gasteiger partial charge in [0.25, 0.3) is 0 Å². The number of oxime groups is 1. The van der Waals surface area contributed by atoms with Crippen LogP contribution in [0.25, 0.3) is 0 Å². The Kier molecular flexibility index (Phi) is 48.0. The number of nitrogens with one attached hydrogen (secondary N) is 6. The van der Waals surface area contributed by atoms with Crippen LogP contribution in [0.3, 0.4) is 0 Å². The lowest BCUT2D eigenvalue weighted by Gasteiger charge is -2.03. The quantitative estimate of drug-likeness (QED) is 0.00428. The molecular formula is C53H67BrN24O28S7. The molecule has 0 saturated heterocycles. The molecule has 113 heavy (non-hydrogen) atoms. The van der Waals surface area contributed by atoms with E-state index in [0.717, 1.165) is 94.9 Å². The molecule has 0 aromatic carbocycles. The molecule has 7 aromatic heterocycles. The predicted molar refractivity (Wildman–Crippen MR) is 396 cm³/mol.